The maximum atomic E-state index is 13.7. The van der Waals surface area contributed by atoms with Crippen molar-refractivity contribution in [2.45, 2.75) is 95.8 Å². The summed E-state index contributed by atoms with van der Waals surface area (Å²) in [7, 11) is 0. The van der Waals surface area contributed by atoms with Gasteiger partial charge in [-0.15, -0.1) is 0 Å². The van der Waals surface area contributed by atoms with Crippen LogP contribution in [0.1, 0.15) is 81.0 Å². The molecule has 8 nitrogen and oxygen atoms in total. The predicted molar refractivity (Wildman–Crippen MR) is 179 cm³/mol. The summed E-state index contributed by atoms with van der Waals surface area (Å²) in [4.78, 5) is 38.0. The zero-order chi connectivity index (χ0) is 31.8. The van der Waals surface area contributed by atoms with Crippen molar-refractivity contribution in [3.63, 3.8) is 0 Å². The lowest BCUT2D eigenvalue weighted by Crippen LogP contribution is -2.45. The SMILES string of the molecule is Cc1nc2c(n1C1CC3CCC(C1)N3CCCN(C(=O)Nc1ccc(Cl)cc1)c1ccc(F)cc1)CCN(C(=O)C1CCCC1)C2. The van der Waals surface area contributed by atoms with Crippen LogP contribution in [0.3, 0.4) is 0 Å². The molecule has 1 saturated carbocycles. The Kier molecular flexibility index (Phi) is 9.06. The number of piperidine rings is 1. The van der Waals surface area contributed by atoms with Crippen molar-refractivity contribution < 1.29 is 14.0 Å². The van der Waals surface area contributed by atoms with Crippen LogP contribution < -0.4 is 10.2 Å². The Hall–Kier alpha value is -3.43. The molecule has 0 spiro atoms. The second kappa shape index (κ2) is 13.4. The number of fused-ring (bicyclic) bond motifs is 3. The second-order valence-corrected chi connectivity index (χ2v) is 14.0. The van der Waals surface area contributed by atoms with Crippen LogP contribution in [0.15, 0.2) is 48.5 Å². The van der Waals surface area contributed by atoms with E-state index in [1.54, 1.807) is 41.3 Å². The number of aromatic nitrogens is 2. The molecule has 1 aliphatic carbocycles. The van der Waals surface area contributed by atoms with Crippen LogP contribution in [-0.4, -0.2) is 63.0 Å². The largest absolute Gasteiger partial charge is 0.336 e. The summed E-state index contributed by atoms with van der Waals surface area (Å²) in [6, 6.07) is 14.3. The lowest BCUT2D eigenvalue weighted by molar-refractivity contribution is -0.136. The molecule has 2 bridgehead atoms. The molecule has 10 heteroatoms. The molecule has 7 rings (SSSR count). The van der Waals surface area contributed by atoms with Gasteiger partial charge in [0.25, 0.3) is 0 Å². The number of amides is 3. The third-order valence-corrected chi connectivity index (χ3v) is 11.0. The number of hydrogen-bond acceptors (Lipinski definition) is 4. The van der Waals surface area contributed by atoms with Gasteiger partial charge in [0.1, 0.15) is 11.6 Å². The Morgan fingerprint density at radius 2 is 1.67 bits per heavy atom. The number of imidazole rings is 1. The molecule has 3 aromatic rings. The Balaban J connectivity index is 0.985. The molecular formula is C36H44ClFN6O2. The van der Waals surface area contributed by atoms with Crippen molar-refractivity contribution in [2.75, 3.05) is 29.9 Å². The number of rotatable bonds is 8. The number of carbonyl (C=O) groups is 2. The number of anilines is 2. The van der Waals surface area contributed by atoms with Crippen molar-refractivity contribution in [3.05, 3.63) is 76.6 Å². The molecule has 0 radical (unpaired) electrons. The summed E-state index contributed by atoms with van der Waals surface area (Å²) >= 11 is 6.02. The fourth-order valence-corrected chi connectivity index (χ4v) is 8.70. The molecular weight excluding hydrogens is 603 g/mol. The van der Waals surface area contributed by atoms with E-state index >= 15 is 0 Å². The normalized spacial score (nSPS) is 23.0. The first-order chi connectivity index (χ1) is 22.3. The molecule has 2 atom stereocenters. The highest BCUT2D eigenvalue weighted by atomic mass is 35.5. The molecule has 2 aromatic carbocycles. The minimum Gasteiger partial charge on any atom is -0.336 e. The molecule has 1 N–H and O–H groups in total. The number of urea groups is 1. The van der Waals surface area contributed by atoms with Gasteiger partial charge in [0.05, 0.1) is 12.2 Å². The molecule has 2 saturated heterocycles. The maximum Gasteiger partial charge on any atom is 0.326 e. The van der Waals surface area contributed by atoms with Gasteiger partial charge in [-0.3, -0.25) is 14.6 Å². The van der Waals surface area contributed by atoms with Gasteiger partial charge in [-0.2, -0.15) is 0 Å². The Morgan fingerprint density at radius 3 is 2.37 bits per heavy atom. The first-order valence-electron chi connectivity index (χ1n) is 17.0. The molecule has 1 aromatic heterocycles. The average Bonchev–Trinajstić information content (AvgIpc) is 3.76. The van der Waals surface area contributed by atoms with Crippen molar-refractivity contribution in [1.29, 1.82) is 0 Å². The van der Waals surface area contributed by atoms with Crippen molar-refractivity contribution >= 4 is 34.9 Å². The molecule has 46 heavy (non-hydrogen) atoms. The second-order valence-electron chi connectivity index (χ2n) is 13.6. The van der Waals surface area contributed by atoms with Gasteiger partial charge in [-0.05, 0) is 100 Å². The topological polar surface area (TPSA) is 73.7 Å². The fourth-order valence-electron chi connectivity index (χ4n) is 8.57. The lowest BCUT2D eigenvalue weighted by Gasteiger charge is -2.41. The third kappa shape index (κ3) is 6.41. The average molecular weight is 647 g/mol. The zero-order valence-corrected chi connectivity index (χ0v) is 27.4. The van der Waals surface area contributed by atoms with Gasteiger partial charge in [-0.25, -0.2) is 14.2 Å². The van der Waals surface area contributed by atoms with Crippen LogP contribution in [0.25, 0.3) is 0 Å². The molecule has 3 fully saturated rings. The van der Waals surface area contributed by atoms with Crippen LogP contribution >= 0.6 is 11.6 Å². The minimum atomic E-state index is -0.328. The van der Waals surface area contributed by atoms with Gasteiger partial charge in [0.15, 0.2) is 0 Å². The quantitative estimate of drug-likeness (QED) is 0.278. The minimum absolute atomic E-state index is 0.213. The van der Waals surface area contributed by atoms with Crippen molar-refractivity contribution in [1.82, 2.24) is 19.4 Å². The summed E-state index contributed by atoms with van der Waals surface area (Å²) in [5.41, 5.74) is 3.76. The molecule has 2 unspecified atom stereocenters. The molecule has 4 aliphatic rings. The predicted octanol–water partition coefficient (Wildman–Crippen LogP) is 7.36. The van der Waals surface area contributed by atoms with E-state index in [0.29, 0.717) is 53.5 Å². The monoisotopic (exact) mass is 646 g/mol. The maximum absolute atomic E-state index is 13.7. The Morgan fingerprint density at radius 1 is 0.978 bits per heavy atom. The van der Waals surface area contributed by atoms with Gasteiger partial charge >= 0.3 is 6.03 Å². The number of nitrogens with zero attached hydrogens (tertiary/aromatic N) is 5. The van der Waals surface area contributed by atoms with E-state index in [1.807, 2.05) is 0 Å². The highest BCUT2D eigenvalue weighted by molar-refractivity contribution is 6.30. The first-order valence-corrected chi connectivity index (χ1v) is 17.4. The number of hydrogen-bond donors (Lipinski definition) is 1. The fraction of sp³-hybridized carbons (Fsp3) is 0.528. The summed E-state index contributed by atoms with van der Waals surface area (Å²) in [6.45, 7) is 5.02. The first kappa shape index (κ1) is 31.2. The van der Waals surface area contributed by atoms with Gasteiger partial charge in [0.2, 0.25) is 5.91 Å². The summed E-state index contributed by atoms with van der Waals surface area (Å²) in [5, 5.41) is 3.57. The van der Waals surface area contributed by atoms with Gasteiger partial charge < -0.3 is 14.8 Å². The summed E-state index contributed by atoms with van der Waals surface area (Å²) < 4.78 is 16.2. The van der Waals surface area contributed by atoms with E-state index in [2.05, 4.69) is 26.6 Å². The number of halogens is 2. The third-order valence-electron chi connectivity index (χ3n) is 10.7. The van der Waals surface area contributed by atoms with Crippen LogP contribution in [0.2, 0.25) is 5.02 Å². The Bertz CT molecular complexity index is 1540. The number of carbonyl (C=O) groups excluding carboxylic acids is 2. The zero-order valence-electron chi connectivity index (χ0n) is 26.6. The molecule has 244 valence electrons. The number of aryl methyl sites for hydroxylation is 1. The number of benzene rings is 2. The van der Waals surface area contributed by atoms with Crippen LogP contribution in [0, 0.1) is 18.7 Å². The van der Waals surface area contributed by atoms with E-state index in [-0.39, 0.29) is 17.8 Å². The molecule has 3 amide bonds. The van der Waals surface area contributed by atoms with E-state index < -0.39 is 0 Å². The van der Waals surface area contributed by atoms with E-state index in [4.69, 9.17) is 16.6 Å². The van der Waals surface area contributed by atoms with Gasteiger partial charge in [0, 0.05) is 72.2 Å². The lowest BCUT2D eigenvalue weighted by atomic mass is 9.95. The summed E-state index contributed by atoms with van der Waals surface area (Å²) in [6.07, 6.45) is 10.7. The molecule has 4 heterocycles. The molecule has 3 aliphatic heterocycles. The summed E-state index contributed by atoms with van der Waals surface area (Å²) in [5.74, 6) is 1.30. The van der Waals surface area contributed by atoms with E-state index in [1.165, 1.54) is 43.5 Å². The van der Waals surface area contributed by atoms with Crippen molar-refractivity contribution in [3.8, 4) is 0 Å². The highest BCUT2D eigenvalue weighted by Crippen LogP contribution is 2.42. The van der Waals surface area contributed by atoms with E-state index in [0.717, 1.165) is 63.1 Å². The van der Waals surface area contributed by atoms with Crippen LogP contribution in [-0.2, 0) is 17.8 Å². The van der Waals surface area contributed by atoms with Crippen LogP contribution in [0.5, 0.6) is 0 Å². The number of nitrogens with one attached hydrogen (secondary N) is 1. The van der Waals surface area contributed by atoms with E-state index in [9.17, 15) is 14.0 Å². The smallest absolute Gasteiger partial charge is 0.326 e. The standard InChI is InChI=1S/C36H44ClFN6O2/c1-24-39-33-23-41(35(45)25-5-2-3-6-25)20-17-34(33)44(24)32-21-30-15-16-31(22-32)42(30)18-4-19-43(29-13-9-27(38)10-14-29)36(46)40-28-11-7-26(37)8-12-28/h7-14,25,30-32H,2-6,15-23H2,1H3,(H,40,46). The van der Waals surface area contributed by atoms with Crippen LogP contribution in [0.4, 0.5) is 20.6 Å². The highest BCUT2D eigenvalue weighted by Gasteiger charge is 2.42. The Labute approximate surface area is 275 Å². The van der Waals surface area contributed by atoms with Crippen molar-refractivity contribution in [2.24, 2.45) is 5.92 Å². The van der Waals surface area contributed by atoms with Gasteiger partial charge in [-0.1, -0.05) is 24.4 Å².